The van der Waals surface area contributed by atoms with E-state index in [0.717, 1.165) is 12.8 Å². The number of aromatic amines is 1. The van der Waals surface area contributed by atoms with Crippen LogP contribution in [-0.4, -0.2) is 22.1 Å². The van der Waals surface area contributed by atoms with E-state index in [1.54, 1.807) is 6.92 Å². The van der Waals surface area contributed by atoms with Crippen molar-refractivity contribution < 1.29 is 4.74 Å². The molecule has 1 heterocycles. The molecule has 2 rings (SSSR count). The van der Waals surface area contributed by atoms with E-state index in [2.05, 4.69) is 9.97 Å². The van der Waals surface area contributed by atoms with Crippen molar-refractivity contribution in [2.24, 2.45) is 5.73 Å². The standard InChI is InChI=1S/C9H13N3O2/c1-5-11-8(13)4-9(12-5)14-7-2-6(10)3-7/h4,6-7H,2-3,10H2,1H3,(H,11,12,13). The Morgan fingerprint density at radius 3 is 2.93 bits per heavy atom. The summed E-state index contributed by atoms with van der Waals surface area (Å²) in [4.78, 5) is 17.7. The van der Waals surface area contributed by atoms with Crippen molar-refractivity contribution in [3.05, 3.63) is 22.2 Å². The zero-order valence-electron chi connectivity index (χ0n) is 7.99. The van der Waals surface area contributed by atoms with E-state index in [9.17, 15) is 4.79 Å². The molecule has 76 valence electrons. The van der Waals surface area contributed by atoms with Crippen LogP contribution in [0.1, 0.15) is 18.7 Å². The SMILES string of the molecule is Cc1nc(OC2CC(N)C2)cc(=O)[nH]1. The zero-order chi connectivity index (χ0) is 10.1. The molecule has 0 unspecified atom stereocenters. The van der Waals surface area contributed by atoms with Crippen LogP contribution in [0, 0.1) is 6.92 Å². The van der Waals surface area contributed by atoms with Gasteiger partial charge >= 0.3 is 0 Å². The summed E-state index contributed by atoms with van der Waals surface area (Å²) in [7, 11) is 0. The van der Waals surface area contributed by atoms with Gasteiger partial charge in [0.1, 0.15) is 11.9 Å². The second-order valence-electron chi connectivity index (χ2n) is 3.64. The van der Waals surface area contributed by atoms with Crippen LogP contribution in [0.3, 0.4) is 0 Å². The fourth-order valence-corrected chi connectivity index (χ4v) is 1.49. The fourth-order valence-electron chi connectivity index (χ4n) is 1.49. The number of hydrogen-bond donors (Lipinski definition) is 2. The van der Waals surface area contributed by atoms with Crippen molar-refractivity contribution >= 4 is 0 Å². The third-order valence-corrected chi connectivity index (χ3v) is 2.26. The monoisotopic (exact) mass is 195 g/mol. The van der Waals surface area contributed by atoms with Gasteiger partial charge in [0, 0.05) is 6.04 Å². The number of H-pyrrole nitrogens is 1. The summed E-state index contributed by atoms with van der Waals surface area (Å²) in [5.74, 6) is 0.958. The van der Waals surface area contributed by atoms with Crippen LogP contribution in [0.25, 0.3) is 0 Å². The summed E-state index contributed by atoms with van der Waals surface area (Å²) >= 11 is 0. The minimum Gasteiger partial charge on any atom is -0.474 e. The second-order valence-corrected chi connectivity index (χ2v) is 3.64. The van der Waals surface area contributed by atoms with Crippen molar-refractivity contribution in [2.45, 2.75) is 31.9 Å². The van der Waals surface area contributed by atoms with Gasteiger partial charge in [-0.2, -0.15) is 0 Å². The Balaban J connectivity index is 2.06. The molecule has 0 saturated heterocycles. The van der Waals surface area contributed by atoms with Gasteiger partial charge in [-0.05, 0) is 19.8 Å². The molecule has 0 atom stereocenters. The molecule has 1 aromatic heterocycles. The first-order valence-corrected chi connectivity index (χ1v) is 4.63. The highest BCUT2D eigenvalue weighted by Gasteiger charge is 2.28. The Hall–Kier alpha value is -1.36. The lowest BCUT2D eigenvalue weighted by Crippen LogP contribution is -2.43. The van der Waals surface area contributed by atoms with Gasteiger partial charge in [-0.15, -0.1) is 0 Å². The molecule has 1 saturated carbocycles. The number of nitrogens with two attached hydrogens (primary N) is 1. The highest BCUT2D eigenvalue weighted by molar-refractivity contribution is 5.09. The molecule has 0 aromatic carbocycles. The molecule has 5 heteroatoms. The Bertz CT molecular complexity index is 382. The molecule has 1 aromatic rings. The van der Waals surface area contributed by atoms with Gasteiger partial charge in [0.05, 0.1) is 6.07 Å². The first-order valence-electron chi connectivity index (χ1n) is 4.63. The van der Waals surface area contributed by atoms with Crippen LogP contribution in [0.5, 0.6) is 5.88 Å². The van der Waals surface area contributed by atoms with E-state index in [1.165, 1.54) is 6.07 Å². The second kappa shape index (κ2) is 3.42. The van der Waals surface area contributed by atoms with Crippen molar-refractivity contribution in [3.63, 3.8) is 0 Å². The van der Waals surface area contributed by atoms with Gasteiger partial charge in [-0.1, -0.05) is 0 Å². The molecule has 0 aliphatic heterocycles. The number of rotatable bonds is 2. The quantitative estimate of drug-likeness (QED) is 0.693. The maximum atomic E-state index is 11.1. The smallest absolute Gasteiger partial charge is 0.254 e. The summed E-state index contributed by atoms with van der Waals surface area (Å²) < 4.78 is 5.47. The molecule has 3 N–H and O–H groups in total. The largest absolute Gasteiger partial charge is 0.474 e. The molecule has 14 heavy (non-hydrogen) atoms. The minimum absolute atomic E-state index is 0.124. The molecule has 0 spiro atoms. The highest BCUT2D eigenvalue weighted by atomic mass is 16.5. The molecule has 1 aliphatic rings. The van der Waals surface area contributed by atoms with Gasteiger partial charge in [-0.3, -0.25) is 4.79 Å². The van der Waals surface area contributed by atoms with Gasteiger partial charge in [0.2, 0.25) is 5.88 Å². The number of aryl methyl sites for hydroxylation is 1. The molecule has 1 fully saturated rings. The number of nitrogens with zero attached hydrogens (tertiary/aromatic N) is 1. The zero-order valence-corrected chi connectivity index (χ0v) is 7.99. The Morgan fingerprint density at radius 1 is 1.64 bits per heavy atom. The van der Waals surface area contributed by atoms with Crippen molar-refractivity contribution in [1.82, 2.24) is 9.97 Å². The topological polar surface area (TPSA) is 81.0 Å². The van der Waals surface area contributed by atoms with Gasteiger partial charge in [0.25, 0.3) is 5.56 Å². The van der Waals surface area contributed by atoms with Crippen molar-refractivity contribution in [1.29, 1.82) is 0 Å². The van der Waals surface area contributed by atoms with Crippen molar-refractivity contribution in [2.75, 3.05) is 0 Å². The van der Waals surface area contributed by atoms with Crippen LogP contribution in [0.2, 0.25) is 0 Å². The average Bonchev–Trinajstić information content (AvgIpc) is 1.99. The Kier molecular flexibility index (Phi) is 2.25. The summed E-state index contributed by atoms with van der Waals surface area (Å²) in [6.45, 7) is 1.72. The third-order valence-electron chi connectivity index (χ3n) is 2.26. The molecular formula is C9H13N3O2. The maximum Gasteiger partial charge on any atom is 0.254 e. The number of nitrogens with one attached hydrogen (secondary N) is 1. The molecule has 0 amide bonds. The minimum atomic E-state index is -0.184. The van der Waals surface area contributed by atoms with Gasteiger partial charge in [-0.25, -0.2) is 4.98 Å². The molecule has 5 nitrogen and oxygen atoms in total. The van der Waals surface area contributed by atoms with E-state index < -0.39 is 0 Å². The normalized spacial score (nSPS) is 25.6. The van der Waals surface area contributed by atoms with Crippen molar-refractivity contribution in [3.8, 4) is 5.88 Å². The predicted molar refractivity (Wildman–Crippen MR) is 51.2 cm³/mol. The summed E-state index contributed by atoms with van der Waals surface area (Å²) in [5, 5.41) is 0. The summed E-state index contributed by atoms with van der Waals surface area (Å²) in [6, 6.07) is 1.60. The molecule has 0 bridgehead atoms. The van der Waals surface area contributed by atoms with E-state index in [4.69, 9.17) is 10.5 Å². The van der Waals surface area contributed by atoms with E-state index in [-0.39, 0.29) is 17.7 Å². The lowest BCUT2D eigenvalue weighted by molar-refractivity contribution is 0.0953. The van der Waals surface area contributed by atoms with E-state index in [1.807, 2.05) is 0 Å². The highest BCUT2D eigenvalue weighted by Crippen LogP contribution is 2.22. The first-order chi connectivity index (χ1) is 6.63. The lowest BCUT2D eigenvalue weighted by Gasteiger charge is -2.31. The number of aromatic nitrogens is 2. The van der Waals surface area contributed by atoms with E-state index >= 15 is 0 Å². The molecule has 0 radical (unpaired) electrons. The van der Waals surface area contributed by atoms with Gasteiger partial charge in [0.15, 0.2) is 0 Å². The first kappa shape index (κ1) is 9.21. The Morgan fingerprint density at radius 2 is 2.36 bits per heavy atom. The van der Waals surface area contributed by atoms with Crippen LogP contribution < -0.4 is 16.0 Å². The summed E-state index contributed by atoms with van der Waals surface area (Å²) in [6.07, 6.45) is 1.81. The average molecular weight is 195 g/mol. The molecular weight excluding hydrogens is 182 g/mol. The number of ether oxygens (including phenoxy) is 1. The van der Waals surface area contributed by atoms with Gasteiger partial charge < -0.3 is 15.5 Å². The fraction of sp³-hybridized carbons (Fsp3) is 0.556. The molecule has 1 aliphatic carbocycles. The predicted octanol–water partition coefficient (Wildman–Crippen LogP) is -0.0532. The van der Waals surface area contributed by atoms with Crippen LogP contribution in [0.4, 0.5) is 0 Å². The van der Waals surface area contributed by atoms with Crippen LogP contribution in [-0.2, 0) is 0 Å². The third kappa shape index (κ3) is 1.93. The number of hydrogen-bond acceptors (Lipinski definition) is 4. The summed E-state index contributed by atoms with van der Waals surface area (Å²) in [5.41, 5.74) is 5.43. The van der Waals surface area contributed by atoms with Crippen LogP contribution in [0.15, 0.2) is 10.9 Å². The lowest BCUT2D eigenvalue weighted by atomic mass is 9.90. The van der Waals surface area contributed by atoms with E-state index in [0.29, 0.717) is 11.7 Å². The Labute approximate surface area is 81.3 Å². The maximum absolute atomic E-state index is 11.1. The van der Waals surface area contributed by atoms with Crippen LogP contribution >= 0.6 is 0 Å².